The molecule has 5 rings (SSSR count). The average molecular weight is 577 g/mol. The predicted octanol–water partition coefficient (Wildman–Crippen LogP) is 5.01. The van der Waals surface area contributed by atoms with Crippen molar-refractivity contribution in [3.05, 3.63) is 11.6 Å². The Kier molecular flexibility index (Phi) is 8.84. The van der Waals surface area contributed by atoms with E-state index in [2.05, 4.69) is 19.9 Å². The fourth-order valence-electron chi connectivity index (χ4n) is 10.3. The summed E-state index contributed by atoms with van der Waals surface area (Å²) in [5.41, 5.74) is -2.16. The summed E-state index contributed by atoms with van der Waals surface area (Å²) in [4.78, 5) is 26.9. The minimum absolute atomic E-state index is 0.00466. The Morgan fingerprint density at radius 2 is 1.90 bits per heavy atom. The first-order chi connectivity index (χ1) is 19.6. The Labute approximate surface area is 245 Å². The van der Waals surface area contributed by atoms with Gasteiger partial charge in [0.1, 0.15) is 30.0 Å². The summed E-state index contributed by atoms with van der Waals surface area (Å²) in [6, 6.07) is 0. The van der Waals surface area contributed by atoms with Crippen molar-refractivity contribution in [3.8, 4) is 0 Å². The largest absolute Gasteiger partial charge is 0.481 e. The van der Waals surface area contributed by atoms with E-state index < -0.39 is 46.8 Å². The van der Waals surface area contributed by atoms with Gasteiger partial charge >= 0.3 is 5.97 Å². The number of aliphatic hydroxyl groups excluding tert-OH is 1. The van der Waals surface area contributed by atoms with Gasteiger partial charge in [-0.15, -0.1) is 0 Å². The lowest BCUT2D eigenvalue weighted by Gasteiger charge is -2.58. The number of carbonyl (C=O) groups is 2. The van der Waals surface area contributed by atoms with Crippen LogP contribution in [0.3, 0.4) is 0 Å². The van der Waals surface area contributed by atoms with Crippen LogP contribution in [0, 0.1) is 45.8 Å². The third kappa shape index (κ3) is 4.33. The lowest BCUT2D eigenvalue weighted by atomic mass is 9.43. The zero-order chi connectivity index (χ0) is 29.7. The number of hydrogen-bond donors (Lipinski definition) is 2. The Balaban J connectivity index is 1.45. The second kappa shape index (κ2) is 11.6. The van der Waals surface area contributed by atoms with Crippen molar-refractivity contribution in [2.75, 3.05) is 20.3 Å². The summed E-state index contributed by atoms with van der Waals surface area (Å²) >= 11 is 0. The summed E-state index contributed by atoms with van der Waals surface area (Å²) < 4.78 is 24.6. The van der Waals surface area contributed by atoms with Crippen molar-refractivity contribution in [1.82, 2.24) is 0 Å². The molecule has 4 bridgehead atoms. The van der Waals surface area contributed by atoms with Gasteiger partial charge < -0.3 is 34.0 Å². The van der Waals surface area contributed by atoms with E-state index in [0.29, 0.717) is 25.4 Å². The summed E-state index contributed by atoms with van der Waals surface area (Å²) in [6.07, 6.45) is 7.07. The van der Waals surface area contributed by atoms with Crippen LogP contribution in [0.5, 0.6) is 0 Å². The zero-order valence-corrected chi connectivity index (χ0v) is 25.8. The number of aliphatic carboxylic acids is 1. The quantitative estimate of drug-likeness (QED) is 0.179. The molecule has 8 heteroatoms. The molecule has 2 N–H and O–H groups in total. The molecule has 0 amide bonds. The number of carbonyl (C=O) groups excluding carboxylic acids is 1. The molecule has 41 heavy (non-hydrogen) atoms. The lowest BCUT2D eigenvalue weighted by Crippen LogP contribution is -2.64. The molecule has 0 aromatic heterocycles. The van der Waals surface area contributed by atoms with Crippen LogP contribution in [-0.4, -0.2) is 73.5 Å². The second-order valence-electron chi connectivity index (χ2n) is 14.1. The molecule has 12 atom stereocenters. The van der Waals surface area contributed by atoms with Crippen LogP contribution in [0.2, 0.25) is 0 Å². The Morgan fingerprint density at radius 1 is 1.15 bits per heavy atom. The van der Waals surface area contributed by atoms with Gasteiger partial charge in [0.25, 0.3) is 0 Å². The van der Waals surface area contributed by atoms with Crippen molar-refractivity contribution in [1.29, 1.82) is 0 Å². The smallest absolute Gasteiger partial charge is 0.315 e. The van der Waals surface area contributed by atoms with Crippen molar-refractivity contribution >= 4 is 12.3 Å². The van der Waals surface area contributed by atoms with E-state index in [9.17, 15) is 19.8 Å². The molecule has 5 aliphatic rings. The van der Waals surface area contributed by atoms with Crippen molar-refractivity contribution in [3.63, 3.8) is 0 Å². The number of carboxylic acid groups (broad SMARTS) is 1. The van der Waals surface area contributed by atoms with Crippen molar-refractivity contribution in [2.45, 2.75) is 117 Å². The molecule has 1 aliphatic heterocycles. The normalized spacial score (nSPS) is 46.5. The molecule has 0 radical (unpaired) electrons. The highest BCUT2D eigenvalue weighted by Crippen LogP contribution is 2.82. The van der Waals surface area contributed by atoms with Gasteiger partial charge in [-0.3, -0.25) is 4.79 Å². The number of rotatable bonds is 13. The molecule has 0 aromatic carbocycles. The Morgan fingerprint density at radius 3 is 2.54 bits per heavy atom. The SMILES string of the molecule is CCCCCCO[C@H]1[C@H](O)[C@H](OCC23C[C@@H]4[C@H](C)CC[C@H]4C4(C=O)CC2C=C(C(C)C)C34C(=O)O)O[C@H](C)[C@H]1OC. The maximum atomic E-state index is 13.7. The third-order valence-electron chi connectivity index (χ3n) is 12.0. The monoisotopic (exact) mass is 576 g/mol. The van der Waals surface area contributed by atoms with Crippen LogP contribution < -0.4 is 0 Å². The fraction of sp³-hybridized carbons (Fsp3) is 0.879. The van der Waals surface area contributed by atoms with Gasteiger partial charge in [-0.1, -0.05) is 65.0 Å². The lowest BCUT2D eigenvalue weighted by molar-refractivity contribution is -0.313. The van der Waals surface area contributed by atoms with E-state index >= 15 is 0 Å². The van der Waals surface area contributed by atoms with Gasteiger partial charge in [0, 0.05) is 19.1 Å². The molecule has 3 saturated carbocycles. The molecule has 4 fully saturated rings. The first kappa shape index (κ1) is 31.1. The van der Waals surface area contributed by atoms with Gasteiger partial charge in [0.05, 0.1) is 18.1 Å². The summed E-state index contributed by atoms with van der Waals surface area (Å²) in [6.45, 7) is 11.0. The number of allylic oxidation sites excluding steroid dienone is 1. The van der Waals surface area contributed by atoms with E-state index in [1.54, 1.807) is 7.11 Å². The number of unbranched alkanes of at least 4 members (excludes halogenated alkanes) is 3. The average Bonchev–Trinajstić information content (AvgIpc) is 3.51. The molecule has 4 unspecified atom stereocenters. The van der Waals surface area contributed by atoms with E-state index in [-0.39, 0.29) is 36.4 Å². The van der Waals surface area contributed by atoms with Crippen LogP contribution in [0.15, 0.2) is 11.6 Å². The van der Waals surface area contributed by atoms with Crippen LogP contribution in [-0.2, 0) is 28.5 Å². The maximum Gasteiger partial charge on any atom is 0.315 e. The number of ether oxygens (including phenoxy) is 4. The van der Waals surface area contributed by atoms with Crippen molar-refractivity contribution < 1.29 is 38.7 Å². The molecular weight excluding hydrogens is 524 g/mol. The van der Waals surface area contributed by atoms with Crippen LogP contribution in [0.4, 0.5) is 0 Å². The molecule has 1 saturated heterocycles. The van der Waals surface area contributed by atoms with Crippen LogP contribution >= 0.6 is 0 Å². The molecule has 0 spiro atoms. The number of carboxylic acids is 1. The minimum Gasteiger partial charge on any atom is -0.481 e. The second-order valence-corrected chi connectivity index (χ2v) is 14.1. The van der Waals surface area contributed by atoms with E-state index in [1.165, 1.54) is 0 Å². The fourth-order valence-corrected chi connectivity index (χ4v) is 10.3. The maximum absolute atomic E-state index is 13.7. The number of hydrogen-bond acceptors (Lipinski definition) is 7. The van der Waals surface area contributed by atoms with Crippen molar-refractivity contribution in [2.24, 2.45) is 45.8 Å². The molecule has 0 aromatic rings. The summed E-state index contributed by atoms with van der Waals surface area (Å²) in [5.74, 6) is -0.221. The molecule has 4 aliphatic carbocycles. The predicted molar refractivity (Wildman–Crippen MR) is 153 cm³/mol. The Bertz CT molecular complexity index is 1010. The van der Waals surface area contributed by atoms with Crippen LogP contribution in [0.25, 0.3) is 0 Å². The Hall–Kier alpha value is -1.32. The van der Waals surface area contributed by atoms with Gasteiger partial charge in [0.2, 0.25) is 0 Å². The van der Waals surface area contributed by atoms with E-state index in [1.807, 2.05) is 20.8 Å². The highest BCUT2D eigenvalue weighted by Gasteiger charge is 2.84. The number of fused-ring (bicyclic) bond motifs is 2. The summed E-state index contributed by atoms with van der Waals surface area (Å²) in [5, 5.41) is 22.6. The number of methoxy groups -OCH3 is 1. The highest BCUT2D eigenvalue weighted by atomic mass is 16.7. The first-order valence-electron chi connectivity index (χ1n) is 16.1. The van der Waals surface area contributed by atoms with Gasteiger partial charge in [-0.25, -0.2) is 0 Å². The highest BCUT2D eigenvalue weighted by molar-refractivity contribution is 5.90. The molecule has 1 heterocycles. The molecular formula is C33H52O8. The van der Waals surface area contributed by atoms with Gasteiger partial charge in [0.15, 0.2) is 6.29 Å². The minimum atomic E-state index is -1.32. The van der Waals surface area contributed by atoms with Gasteiger partial charge in [-0.2, -0.15) is 0 Å². The molecule has 8 nitrogen and oxygen atoms in total. The van der Waals surface area contributed by atoms with E-state index in [4.69, 9.17) is 18.9 Å². The van der Waals surface area contributed by atoms with Crippen LogP contribution in [0.1, 0.15) is 86.0 Å². The van der Waals surface area contributed by atoms with Gasteiger partial charge in [-0.05, 0) is 62.2 Å². The van der Waals surface area contributed by atoms with E-state index in [0.717, 1.165) is 50.4 Å². The molecule has 232 valence electrons. The zero-order valence-electron chi connectivity index (χ0n) is 25.8. The standard InChI is InChI=1S/C33H52O8/c1-7-8-9-10-13-39-28-26(35)29(41-21(5)27(28)38-6)40-18-32-16-23-20(4)11-12-24(23)31(17-34)15-22(32)14-25(19(2)3)33(31,32)30(36)37/h14,17,19-24,26-29,35H,7-13,15-16,18H2,1-6H3,(H,36,37)/t20-,21-,22?,23-,24-,26+,27-,28+,29-,31?,32?,33?/m1/s1. The topological polar surface area (TPSA) is 112 Å². The number of aldehydes is 1. The third-order valence-corrected chi connectivity index (χ3v) is 12.0. The number of aliphatic hydroxyl groups is 1. The summed E-state index contributed by atoms with van der Waals surface area (Å²) in [7, 11) is 1.59. The first-order valence-corrected chi connectivity index (χ1v) is 16.1.